The Morgan fingerprint density at radius 1 is 1.86 bits per heavy atom. The third-order valence-corrected chi connectivity index (χ3v) is 0.662. The van der Waals surface area contributed by atoms with E-state index in [1.807, 2.05) is 0 Å². The first-order chi connectivity index (χ1) is 3.43. The topological polar surface area (TPSA) is 17.8 Å². The van der Waals surface area contributed by atoms with Crippen LogP contribution in [0.2, 0.25) is 0 Å². The van der Waals surface area contributed by atoms with E-state index in [2.05, 4.69) is 17.9 Å². The zero-order valence-corrected chi connectivity index (χ0v) is 3.83. The Morgan fingerprint density at radius 3 is 3.00 bits per heavy atom. The van der Waals surface area contributed by atoms with Gasteiger partial charge >= 0.3 is 0 Å². The van der Waals surface area contributed by atoms with Crippen LogP contribution >= 0.6 is 0 Å². The van der Waals surface area contributed by atoms with Gasteiger partial charge in [0.15, 0.2) is 0 Å². The molecule has 0 aliphatic heterocycles. The van der Waals surface area contributed by atoms with E-state index in [0.29, 0.717) is 0 Å². The lowest BCUT2D eigenvalue weighted by atomic mass is 10.7. The molecule has 0 N–H and O–H groups in total. The standard InChI is InChI=1S/C5H5N2/c1-2-7-5-3-4-6-7/h2-3,5H,1H2. The van der Waals surface area contributed by atoms with Gasteiger partial charge in [0.25, 0.3) is 0 Å². The lowest BCUT2D eigenvalue weighted by molar-refractivity contribution is 0.933. The van der Waals surface area contributed by atoms with Crippen LogP contribution < -0.4 is 0 Å². The summed E-state index contributed by atoms with van der Waals surface area (Å²) < 4.78 is 1.58. The van der Waals surface area contributed by atoms with Gasteiger partial charge in [-0.3, -0.25) is 0 Å². The van der Waals surface area contributed by atoms with E-state index in [1.165, 1.54) is 0 Å². The van der Waals surface area contributed by atoms with E-state index in [9.17, 15) is 0 Å². The molecule has 1 aromatic rings. The normalized spacial score (nSPS) is 8.57. The molecule has 7 heavy (non-hydrogen) atoms. The Morgan fingerprint density at radius 2 is 2.71 bits per heavy atom. The highest BCUT2D eigenvalue weighted by Crippen LogP contribution is 1.79. The second kappa shape index (κ2) is 1.60. The van der Waals surface area contributed by atoms with E-state index >= 15 is 0 Å². The summed E-state index contributed by atoms with van der Waals surface area (Å²) >= 11 is 0. The first kappa shape index (κ1) is 4.12. The highest BCUT2D eigenvalue weighted by atomic mass is 15.2. The van der Waals surface area contributed by atoms with Crippen LogP contribution in [0.3, 0.4) is 0 Å². The SMILES string of the molecule is C=Cn1cc[c]n1. The van der Waals surface area contributed by atoms with Crippen molar-refractivity contribution in [2.75, 3.05) is 0 Å². The van der Waals surface area contributed by atoms with Crippen LogP contribution in [0.5, 0.6) is 0 Å². The Hall–Kier alpha value is -1.05. The van der Waals surface area contributed by atoms with Crippen molar-refractivity contribution in [3.05, 3.63) is 25.0 Å². The quantitative estimate of drug-likeness (QED) is 0.501. The molecule has 2 heteroatoms. The monoisotopic (exact) mass is 93.0 g/mol. The van der Waals surface area contributed by atoms with Gasteiger partial charge in [-0.2, -0.15) is 5.10 Å². The van der Waals surface area contributed by atoms with Gasteiger partial charge in [0.05, 0.1) is 0 Å². The summed E-state index contributed by atoms with van der Waals surface area (Å²) in [4.78, 5) is 0. The van der Waals surface area contributed by atoms with E-state index < -0.39 is 0 Å². The third-order valence-electron chi connectivity index (χ3n) is 0.662. The molecule has 0 atom stereocenters. The molecule has 0 bridgehead atoms. The molecule has 0 amide bonds. The van der Waals surface area contributed by atoms with E-state index in [-0.39, 0.29) is 0 Å². The van der Waals surface area contributed by atoms with Crippen molar-refractivity contribution < 1.29 is 0 Å². The zero-order valence-electron chi connectivity index (χ0n) is 3.83. The van der Waals surface area contributed by atoms with Crippen molar-refractivity contribution in [2.24, 2.45) is 0 Å². The maximum Gasteiger partial charge on any atom is 0.113 e. The second-order valence-corrected chi connectivity index (χ2v) is 1.11. The average Bonchev–Trinajstić information content (AvgIpc) is 2.14. The van der Waals surface area contributed by atoms with Gasteiger partial charge in [-0.25, -0.2) is 4.68 Å². The highest BCUT2D eigenvalue weighted by Gasteiger charge is 1.74. The lowest BCUT2D eigenvalue weighted by Gasteiger charge is -1.80. The van der Waals surface area contributed by atoms with Crippen LogP contribution in [0.4, 0.5) is 0 Å². The molecule has 35 valence electrons. The molecule has 0 aliphatic rings. The summed E-state index contributed by atoms with van der Waals surface area (Å²) in [6, 6.07) is 1.72. The predicted molar refractivity (Wildman–Crippen MR) is 27.4 cm³/mol. The number of hydrogen-bond donors (Lipinski definition) is 0. The predicted octanol–water partition coefficient (Wildman–Crippen LogP) is 0.784. The summed E-state index contributed by atoms with van der Waals surface area (Å²) in [5.74, 6) is 0. The minimum atomic E-state index is 1.58. The fourth-order valence-electron chi connectivity index (χ4n) is 0.345. The highest BCUT2D eigenvalue weighted by molar-refractivity contribution is 5.11. The summed E-state index contributed by atoms with van der Waals surface area (Å²) in [5, 5.41) is 3.71. The molecule has 0 unspecified atom stereocenters. The fraction of sp³-hybridized carbons (Fsp3) is 0. The van der Waals surface area contributed by atoms with Crippen LogP contribution in [-0.4, -0.2) is 9.78 Å². The Balaban J connectivity index is 2.96. The van der Waals surface area contributed by atoms with Crippen LogP contribution in [0.1, 0.15) is 0 Å². The first-order valence-corrected chi connectivity index (χ1v) is 1.97. The Bertz CT molecular complexity index is 141. The Kier molecular flexibility index (Phi) is 0.941. The van der Waals surface area contributed by atoms with Gasteiger partial charge in [0.2, 0.25) is 0 Å². The van der Waals surface area contributed by atoms with Crippen molar-refractivity contribution in [3.63, 3.8) is 0 Å². The molecule has 0 aromatic carbocycles. The molecule has 1 radical (unpaired) electrons. The van der Waals surface area contributed by atoms with Gasteiger partial charge in [-0.1, -0.05) is 6.58 Å². The fourth-order valence-corrected chi connectivity index (χ4v) is 0.345. The molecule has 1 aromatic heterocycles. The van der Waals surface area contributed by atoms with Gasteiger partial charge in [-0.15, -0.1) is 0 Å². The number of nitrogens with zero attached hydrogens (tertiary/aromatic N) is 2. The third kappa shape index (κ3) is 0.682. The minimum absolute atomic E-state index is 1.58. The van der Waals surface area contributed by atoms with Crippen LogP contribution in [0.25, 0.3) is 6.20 Å². The molecular weight excluding hydrogens is 88.1 g/mol. The van der Waals surface area contributed by atoms with Gasteiger partial charge in [0.1, 0.15) is 6.20 Å². The van der Waals surface area contributed by atoms with E-state index in [0.717, 1.165) is 0 Å². The van der Waals surface area contributed by atoms with E-state index in [4.69, 9.17) is 0 Å². The first-order valence-electron chi connectivity index (χ1n) is 1.97. The van der Waals surface area contributed by atoms with Gasteiger partial charge in [0, 0.05) is 12.4 Å². The molecule has 0 fully saturated rings. The Labute approximate surface area is 42.1 Å². The van der Waals surface area contributed by atoms with Crippen molar-refractivity contribution >= 4 is 6.20 Å². The molecule has 0 saturated heterocycles. The molecule has 1 heterocycles. The van der Waals surface area contributed by atoms with Crippen LogP contribution in [-0.2, 0) is 0 Å². The maximum atomic E-state index is 3.71. The summed E-state index contributed by atoms with van der Waals surface area (Å²) in [6.45, 7) is 3.48. The summed E-state index contributed by atoms with van der Waals surface area (Å²) in [5.41, 5.74) is 0. The zero-order chi connectivity index (χ0) is 5.11. The molecule has 0 spiro atoms. The van der Waals surface area contributed by atoms with Gasteiger partial charge in [-0.05, 0) is 6.07 Å². The summed E-state index contributed by atoms with van der Waals surface area (Å²) in [7, 11) is 0. The number of hydrogen-bond acceptors (Lipinski definition) is 1. The largest absolute Gasteiger partial charge is 0.248 e. The van der Waals surface area contributed by atoms with E-state index in [1.54, 1.807) is 23.1 Å². The molecule has 1 rings (SSSR count). The van der Waals surface area contributed by atoms with Crippen molar-refractivity contribution in [1.29, 1.82) is 0 Å². The smallest absolute Gasteiger partial charge is 0.113 e. The van der Waals surface area contributed by atoms with Gasteiger partial charge < -0.3 is 0 Å². The number of aromatic nitrogens is 2. The summed E-state index contributed by atoms with van der Waals surface area (Å²) in [6.07, 6.45) is 6.00. The molecule has 0 aliphatic carbocycles. The number of rotatable bonds is 1. The average molecular weight is 93.1 g/mol. The van der Waals surface area contributed by atoms with Crippen molar-refractivity contribution in [1.82, 2.24) is 9.78 Å². The molecule has 0 saturated carbocycles. The van der Waals surface area contributed by atoms with Crippen LogP contribution in [0.15, 0.2) is 18.8 Å². The minimum Gasteiger partial charge on any atom is -0.248 e. The lowest BCUT2D eigenvalue weighted by Crippen LogP contribution is -1.81. The van der Waals surface area contributed by atoms with Crippen LogP contribution in [0, 0.1) is 6.20 Å². The maximum absolute atomic E-state index is 3.71. The molecular formula is C5H5N2. The van der Waals surface area contributed by atoms with Crippen molar-refractivity contribution in [2.45, 2.75) is 0 Å². The second-order valence-electron chi connectivity index (χ2n) is 1.11. The molecule has 2 nitrogen and oxygen atoms in total. The van der Waals surface area contributed by atoms with Crippen molar-refractivity contribution in [3.8, 4) is 0 Å².